The van der Waals surface area contributed by atoms with E-state index < -0.39 is 29.6 Å². The van der Waals surface area contributed by atoms with E-state index in [1.54, 1.807) is 4.90 Å². The van der Waals surface area contributed by atoms with E-state index in [0.717, 1.165) is 55.7 Å². The summed E-state index contributed by atoms with van der Waals surface area (Å²) in [5.74, 6) is -3.89. The number of nitrogens with zero attached hydrogens (tertiary/aromatic N) is 4. The van der Waals surface area contributed by atoms with E-state index in [1.807, 2.05) is 0 Å². The first-order chi connectivity index (χ1) is 20.0. The second kappa shape index (κ2) is 12.6. The SMILES string of the molecule is O=C(CC(CCN1CCCC(F)(F)C1)NC(=O)c1nc(C2CCCC2)n(-c2ccccc2C(F)(F)F)n1)NC1CCC1. The monoisotopic (exact) mass is 596 g/mol. The Morgan fingerprint density at radius 1 is 1.05 bits per heavy atom. The van der Waals surface area contributed by atoms with Crippen LogP contribution in [0.5, 0.6) is 0 Å². The Morgan fingerprint density at radius 3 is 2.45 bits per heavy atom. The molecule has 1 atom stereocenters. The predicted octanol–water partition coefficient (Wildman–Crippen LogP) is 5.22. The van der Waals surface area contributed by atoms with Gasteiger partial charge in [-0.05, 0) is 63.6 Å². The van der Waals surface area contributed by atoms with Crippen LogP contribution in [0.4, 0.5) is 22.0 Å². The zero-order valence-corrected chi connectivity index (χ0v) is 23.4. The van der Waals surface area contributed by atoms with Crippen molar-refractivity contribution in [3.05, 3.63) is 41.5 Å². The smallest absolute Gasteiger partial charge is 0.353 e. The fourth-order valence-corrected chi connectivity index (χ4v) is 6.06. The summed E-state index contributed by atoms with van der Waals surface area (Å²) in [7, 11) is 0. The van der Waals surface area contributed by atoms with Gasteiger partial charge in [-0.1, -0.05) is 25.0 Å². The number of hydrogen-bond donors (Lipinski definition) is 2. The highest BCUT2D eigenvalue weighted by Crippen LogP contribution is 2.38. The van der Waals surface area contributed by atoms with Gasteiger partial charge in [-0.15, -0.1) is 5.10 Å². The zero-order chi connectivity index (χ0) is 29.9. The van der Waals surface area contributed by atoms with Crippen molar-refractivity contribution in [2.45, 2.75) is 101 Å². The molecule has 2 saturated carbocycles. The van der Waals surface area contributed by atoms with Gasteiger partial charge in [-0.2, -0.15) is 13.2 Å². The maximum atomic E-state index is 14.0. The maximum absolute atomic E-state index is 14.0. The number of carbonyl (C=O) groups is 2. The molecule has 1 aromatic heterocycles. The molecule has 8 nitrogen and oxygen atoms in total. The van der Waals surface area contributed by atoms with Crippen LogP contribution in [0, 0.1) is 0 Å². The minimum absolute atomic E-state index is 0.0560. The molecule has 0 spiro atoms. The Kier molecular flexibility index (Phi) is 9.14. The van der Waals surface area contributed by atoms with Gasteiger partial charge in [-0.3, -0.25) is 14.5 Å². The standard InChI is InChI=1S/C29H37F5N6O2/c30-28(31)14-6-15-39(18-28)16-13-21(17-24(41)35-20-9-5-10-20)36-27(42)25-37-26(19-7-1-2-8-19)40(38-25)23-12-4-3-11-22(23)29(32,33)34/h3-4,11-12,19-21H,1-2,5-10,13-18H2,(H,35,41)(H,36,42). The van der Waals surface area contributed by atoms with Gasteiger partial charge in [0.15, 0.2) is 0 Å². The lowest BCUT2D eigenvalue weighted by Crippen LogP contribution is -2.47. The number of likely N-dealkylation sites (tertiary alicyclic amines) is 1. The van der Waals surface area contributed by atoms with Crippen LogP contribution in [0.3, 0.4) is 0 Å². The summed E-state index contributed by atoms with van der Waals surface area (Å²) in [5.41, 5.74) is -1.09. The van der Waals surface area contributed by atoms with Gasteiger partial charge in [0, 0.05) is 37.4 Å². The highest BCUT2D eigenvalue weighted by atomic mass is 19.4. The lowest BCUT2D eigenvalue weighted by Gasteiger charge is -2.33. The number of alkyl halides is 5. The summed E-state index contributed by atoms with van der Waals surface area (Å²) in [6.07, 6.45) is 1.78. The summed E-state index contributed by atoms with van der Waals surface area (Å²) in [4.78, 5) is 32.2. The van der Waals surface area contributed by atoms with Crippen LogP contribution in [0.2, 0.25) is 0 Å². The summed E-state index contributed by atoms with van der Waals surface area (Å²) in [5, 5.41) is 9.98. The molecule has 2 amide bonds. The Balaban J connectivity index is 1.37. The minimum Gasteiger partial charge on any atom is -0.353 e. The van der Waals surface area contributed by atoms with Crippen molar-refractivity contribution in [3.63, 3.8) is 0 Å². The third-order valence-electron chi connectivity index (χ3n) is 8.50. The molecule has 1 aliphatic heterocycles. The lowest BCUT2D eigenvalue weighted by molar-refractivity contribution is -0.137. The van der Waals surface area contributed by atoms with E-state index in [4.69, 9.17) is 0 Å². The minimum atomic E-state index is -4.64. The third-order valence-corrected chi connectivity index (χ3v) is 8.50. The molecule has 0 radical (unpaired) electrons. The Labute approximate surface area is 241 Å². The number of aromatic nitrogens is 3. The van der Waals surface area contributed by atoms with Crippen molar-refractivity contribution in [2.24, 2.45) is 0 Å². The quantitative estimate of drug-likeness (QED) is 0.367. The Hall–Kier alpha value is -3.09. The molecule has 2 heterocycles. The number of rotatable bonds is 10. The highest BCUT2D eigenvalue weighted by Gasteiger charge is 2.37. The van der Waals surface area contributed by atoms with E-state index in [-0.39, 0.29) is 61.7 Å². The predicted molar refractivity (Wildman–Crippen MR) is 144 cm³/mol. The number of para-hydroxylation sites is 1. The topological polar surface area (TPSA) is 92.2 Å². The first-order valence-electron chi connectivity index (χ1n) is 14.8. The molecule has 1 unspecified atom stereocenters. The van der Waals surface area contributed by atoms with Gasteiger partial charge >= 0.3 is 6.18 Å². The molecule has 2 aliphatic carbocycles. The molecule has 1 aromatic carbocycles. The van der Waals surface area contributed by atoms with Crippen molar-refractivity contribution in [2.75, 3.05) is 19.6 Å². The Bertz CT molecular complexity index is 1260. The van der Waals surface area contributed by atoms with Gasteiger partial charge in [0.1, 0.15) is 5.82 Å². The van der Waals surface area contributed by atoms with Gasteiger partial charge in [0.2, 0.25) is 11.7 Å². The van der Waals surface area contributed by atoms with E-state index in [2.05, 4.69) is 20.7 Å². The molecule has 3 aliphatic rings. The van der Waals surface area contributed by atoms with Gasteiger partial charge in [-0.25, -0.2) is 18.4 Å². The van der Waals surface area contributed by atoms with Crippen LogP contribution >= 0.6 is 0 Å². The number of amides is 2. The lowest BCUT2D eigenvalue weighted by atomic mass is 9.93. The number of halogens is 5. The molecule has 3 fully saturated rings. The van der Waals surface area contributed by atoms with E-state index in [9.17, 15) is 31.5 Å². The van der Waals surface area contributed by atoms with E-state index in [0.29, 0.717) is 18.8 Å². The van der Waals surface area contributed by atoms with Gasteiger partial charge < -0.3 is 10.6 Å². The van der Waals surface area contributed by atoms with Crippen LogP contribution in [-0.2, 0) is 11.0 Å². The molecule has 230 valence electrons. The van der Waals surface area contributed by atoms with Crippen molar-refractivity contribution >= 4 is 11.8 Å². The molecular formula is C29H37F5N6O2. The summed E-state index contributed by atoms with van der Waals surface area (Å²) in [6.45, 7) is 0.377. The zero-order valence-electron chi connectivity index (χ0n) is 23.4. The molecule has 2 aromatic rings. The normalized spacial score (nSPS) is 20.7. The Morgan fingerprint density at radius 2 is 1.79 bits per heavy atom. The van der Waals surface area contributed by atoms with Crippen LogP contribution in [0.1, 0.15) is 98.6 Å². The van der Waals surface area contributed by atoms with Crippen molar-refractivity contribution < 1.29 is 31.5 Å². The van der Waals surface area contributed by atoms with Crippen LogP contribution in [0.15, 0.2) is 24.3 Å². The number of carbonyl (C=O) groups excluding carboxylic acids is 2. The maximum Gasteiger partial charge on any atom is 0.418 e. The number of piperidine rings is 1. The summed E-state index contributed by atoms with van der Waals surface area (Å²) < 4.78 is 70.7. The van der Waals surface area contributed by atoms with Gasteiger partial charge in [0.05, 0.1) is 17.8 Å². The number of hydrogen-bond acceptors (Lipinski definition) is 5. The first kappa shape index (κ1) is 30.4. The van der Waals surface area contributed by atoms with Crippen molar-refractivity contribution in [3.8, 4) is 5.69 Å². The van der Waals surface area contributed by atoms with Crippen molar-refractivity contribution in [1.29, 1.82) is 0 Å². The van der Waals surface area contributed by atoms with E-state index in [1.165, 1.54) is 18.2 Å². The van der Waals surface area contributed by atoms with Gasteiger partial charge in [0.25, 0.3) is 11.8 Å². The second-order valence-corrected chi connectivity index (χ2v) is 11.8. The molecule has 5 rings (SSSR count). The summed E-state index contributed by atoms with van der Waals surface area (Å²) >= 11 is 0. The first-order valence-corrected chi connectivity index (χ1v) is 14.8. The molecule has 42 heavy (non-hydrogen) atoms. The number of nitrogens with one attached hydrogen (secondary N) is 2. The molecule has 0 bridgehead atoms. The largest absolute Gasteiger partial charge is 0.418 e. The molecule has 13 heteroatoms. The third kappa shape index (κ3) is 7.45. The molecular weight excluding hydrogens is 559 g/mol. The number of benzene rings is 1. The summed E-state index contributed by atoms with van der Waals surface area (Å²) in [6, 6.07) is 4.44. The van der Waals surface area contributed by atoms with Crippen LogP contribution in [0.25, 0.3) is 5.69 Å². The molecule has 2 N–H and O–H groups in total. The van der Waals surface area contributed by atoms with Crippen LogP contribution < -0.4 is 10.6 Å². The van der Waals surface area contributed by atoms with Crippen molar-refractivity contribution in [1.82, 2.24) is 30.3 Å². The van der Waals surface area contributed by atoms with Crippen LogP contribution in [-0.4, -0.2) is 69.1 Å². The average Bonchev–Trinajstić information content (AvgIpc) is 3.59. The van der Waals surface area contributed by atoms with E-state index >= 15 is 0 Å². The fourth-order valence-electron chi connectivity index (χ4n) is 6.06. The molecule has 1 saturated heterocycles. The highest BCUT2D eigenvalue weighted by molar-refractivity contribution is 5.91. The second-order valence-electron chi connectivity index (χ2n) is 11.8. The average molecular weight is 597 g/mol. The fraction of sp³-hybridized carbons (Fsp3) is 0.655.